The predicted octanol–water partition coefficient (Wildman–Crippen LogP) is 4.55. The smallest absolute Gasteiger partial charge is 0.219 e. The molecule has 3 nitrogen and oxygen atoms in total. The van der Waals surface area contributed by atoms with Crippen molar-refractivity contribution in [1.82, 2.24) is 5.32 Å². The SMILES string of the molecule is CNC(=O)CCCC(C)(C)CC1CC(CC(C)(C)C)CCO1. The van der Waals surface area contributed by atoms with Crippen molar-refractivity contribution in [2.45, 2.75) is 85.7 Å². The van der Waals surface area contributed by atoms with Crippen molar-refractivity contribution in [2.75, 3.05) is 13.7 Å². The molecule has 1 fully saturated rings. The average Bonchev–Trinajstić information content (AvgIpc) is 2.35. The van der Waals surface area contributed by atoms with Crippen molar-refractivity contribution in [1.29, 1.82) is 0 Å². The van der Waals surface area contributed by atoms with E-state index in [0.29, 0.717) is 17.9 Å². The summed E-state index contributed by atoms with van der Waals surface area (Å²) in [5.41, 5.74) is 0.665. The molecule has 0 radical (unpaired) electrons. The lowest BCUT2D eigenvalue weighted by Gasteiger charge is -2.37. The fourth-order valence-electron chi connectivity index (χ4n) is 3.72. The molecule has 1 aliphatic heterocycles. The van der Waals surface area contributed by atoms with Gasteiger partial charge in [0.05, 0.1) is 6.10 Å². The second-order valence-corrected chi connectivity index (χ2v) is 9.04. The van der Waals surface area contributed by atoms with E-state index in [1.807, 2.05) is 0 Å². The van der Waals surface area contributed by atoms with Crippen LogP contribution < -0.4 is 5.32 Å². The molecule has 0 aliphatic carbocycles. The van der Waals surface area contributed by atoms with Gasteiger partial charge in [0.15, 0.2) is 0 Å². The molecule has 1 rings (SSSR count). The van der Waals surface area contributed by atoms with E-state index < -0.39 is 0 Å². The molecule has 3 heteroatoms. The van der Waals surface area contributed by atoms with E-state index in [4.69, 9.17) is 4.74 Å². The first kappa shape index (κ1) is 19.5. The van der Waals surface area contributed by atoms with Gasteiger partial charge in [0.25, 0.3) is 0 Å². The summed E-state index contributed by atoms with van der Waals surface area (Å²) in [5, 5.41) is 2.70. The lowest BCUT2D eigenvalue weighted by atomic mass is 9.76. The summed E-state index contributed by atoms with van der Waals surface area (Å²) >= 11 is 0. The van der Waals surface area contributed by atoms with Crippen LogP contribution in [0.15, 0.2) is 0 Å². The molecule has 1 aliphatic rings. The monoisotopic (exact) mass is 311 g/mol. The minimum Gasteiger partial charge on any atom is -0.378 e. The van der Waals surface area contributed by atoms with E-state index in [2.05, 4.69) is 39.9 Å². The highest BCUT2D eigenvalue weighted by atomic mass is 16.5. The van der Waals surface area contributed by atoms with Crippen LogP contribution in [-0.4, -0.2) is 25.7 Å². The molecule has 130 valence electrons. The van der Waals surface area contributed by atoms with Gasteiger partial charge < -0.3 is 10.1 Å². The van der Waals surface area contributed by atoms with Crippen LogP contribution in [0.1, 0.15) is 79.6 Å². The van der Waals surface area contributed by atoms with Crippen molar-refractivity contribution in [3.8, 4) is 0 Å². The molecule has 2 unspecified atom stereocenters. The molecular formula is C19H37NO2. The zero-order chi connectivity index (χ0) is 16.8. The van der Waals surface area contributed by atoms with Crippen molar-refractivity contribution in [3.05, 3.63) is 0 Å². The molecule has 0 aromatic carbocycles. The Bertz CT molecular complexity index is 344. The van der Waals surface area contributed by atoms with Crippen LogP contribution in [0, 0.1) is 16.7 Å². The highest BCUT2D eigenvalue weighted by Crippen LogP contribution is 2.37. The zero-order valence-electron chi connectivity index (χ0n) is 15.6. The van der Waals surface area contributed by atoms with Gasteiger partial charge in [0, 0.05) is 20.1 Å². The number of carbonyl (C=O) groups excluding carboxylic acids is 1. The fourth-order valence-corrected chi connectivity index (χ4v) is 3.72. The van der Waals surface area contributed by atoms with Gasteiger partial charge in [0.2, 0.25) is 5.91 Å². The number of hydrogen-bond acceptors (Lipinski definition) is 2. The van der Waals surface area contributed by atoms with Gasteiger partial charge in [-0.15, -0.1) is 0 Å². The van der Waals surface area contributed by atoms with Crippen LogP contribution >= 0.6 is 0 Å². The number of ether oxygens (including phenoxy) is 1. The maximum absolute atomic E-state index is 11.3. The third-order valence-electron chi connectivity index (χ3n) is 4.69. The van der Waals surface area contributed by atoms with Crippen LogP contribution in [0.5, 0.6) is 0 Å². The van der Waals surface area contributed by atoms with Crippen molar-refractivity contribution in [2.24, 2.45) is 16.7 Å². The number of nitrogens with one attached hydrogen (secondary N) is 1. The van der Waals surface area contributed by atoms with E-state index in [9.17, 15) is 4.79 Å². The predicted molar refractivity (Wildman–Crippen MR) is 92.9 cm³/mol. The summed E-state index contributed by atoms with van der Waals surface area (Å²) in [5.74, 6) is 0.954. The summed E-state index contributed by atoms with van der Waals surface area (Å²) < 4.78 is 6.03. The first-order valence-corrected chi connectivity index (χ1v) is 8.93. The number of amides is 1. The summed E-state index contributed by atoms with van der Waals surface area (Å²) in [6.45, 7) is 12.5. The topological polar surface area (TPSA) is 38.3 Å². The zero-order valence-corrected chi connectivity index (χ0v) is 15.6. The number of carbonyl (C=O) groups is 1. The minimum atomic E-state index is 0.148. The van der Waals surface area contributed by atoms with Crippen LogP contribution in [0.3, 0.4) is 0 Å². The van der Waals surface area contributed by atoms with Crippen molar-refractivity contribution >= 4 is 5.91 Å². The maximum Gasteiger partial charge on any atom is 0.219 e. The molecule has 1 saturated heterocycles. The first-order chi connectivity index (χ1) is 10.1. The Hall–Kier alpha value is -0.570. The van der Waals surface area contributed by atoms with E-state index >= 15 is 0 Å². The highest BCUT2D eigenvalue weighted by molar-refractivity contribution is 5.75. The molecule has 1 heterocycles. The maximum atomic E-state index is 11.3. The molecule has 0 aromatic rings. The van der Waals surface area contributed by atoms with E-state index in [1.165, 1.54) is 19.3 Å². The van der Waals surface area contributed by atoms with E-state index in [-0.39, 0.29) is 11.3 Å². The van der Waals surface area contributed by atoms with Crippen LogP contribution in [0.4, 0.5) is 0 Å². The molecule has 0 spiro atoms. The molecule has 2 atom stereocenters. The Morgan fingerprint density at radius 2 is 1.86 bits per heavy atom. The van der Waals surface area contributed by atoms with E-state index in [0.717, 1.165) is 31.8 Å². The van der Waals surface area contributed by atoms with E-state index in [1.54, 1.807) is 7.05 Å². The molecular weight excluding hydrogens is 274 g/mol. The Morgan fingerprint density at radius 1 is 1.18 bits per heavy atom. The average molecular weight is 312 g/mol. The third-order valence-corrected chi connectivity index (χ3v) is 4.69. The molecule has 22 heavy (non-hydrogen) atoms. The van der Waals surface area contributed by atoms with Gasteiger partial charge in [-0.1, -0.05) is 34.6 Å². The lowest BCUT2D eigenvalue weighted by molar-refractivity contribution is -0.120. The van der Waals surface area contributed by atoms with Gasteiger partial charge >= 0.3 is 0 Å². The van der Waals surface area contributed by atoms with Gasteiger partial charge in [-0.05, 0) is 55.3 Å². The Labute approximate surface area is 137 Å². The number of hydrogen-bond donors (Lipinski definition) is 1. The molecule has 0 bridgehead atoms. The second-order valence-electron chi connectivity index (χ2n) is 9.04. The van der Waals surface area contributed by atoms with Gasteiger partial charge in [-0.25, -0.2) is 0 Å². The van der Waals surface area contributed by atoms with Gasteiger partial charge in [-0.3, -0.25) is 4.79 Å². The van der Waals surface area contributed by atoms with Crippen molar-refractivity contribution < 1.29 is 9.53 Å². The van der Waals surface area contributed by atoms with Crippen LogP contribution in [0.25, 0.3) is 0 Å². The van der Waals surface area contributed by atoms with Crippen LogP contribution in [0.2, 0.25) is 0 Å². The standard InChI is InChI=1S/C19H37NO2/c1-18(2,3)13-15-9-11-22-16(12-15)14-19(4,5)10-7-8-17(21)20-6/h15-16H,7-14H2,1-6H3,(H,20,21). The highest BCUT2D eigenvalue weighted by Gasteiger charge is 2.30. The third kappa shape index (κ3) is 8.17. The quantitative estimate of drug-likeness (QED) is 0.749. The summed E-state index contributed by atoms with van der Waals surface area (Å²) in [7, 11) is 1.71. The second kappa shape index (κ2) is 8.33. The first-order valence-electron chi connectivity index (χ1n) is 8.93. The number of rotatable bonds is 7. The van der Waals surface area contributed by atoms with Crippen LogP contribution in [-0.2, 0) is 9.53 Å². The molecule has 0 aromatic heterocycles. The van der Waals surface area contributed by atoms with Gasteiger partial charge in [-0.2, -0.15) is 0 Å². The normalized spacial score (nSPS) is 23.4. The largest absolute Gasteiger partial charge is 0.378 e. The Morgan fingerprint density at radius 3 is 2.45 bits per heavy atom. The van der Waals surface area contributed by atoms with Crippen molar-refractivity contribution in [3.63, 3.8) is 0 Å². The Kier molecular flexibility index (Phi) is 7.37. The molecule has 1 N–H and O–H groups in total. The van der Waals surface area contributed by atoms with Gasteiger partial charge in [0.1, 0.15) is 0 Å². The summed E-state index contributed by atoms with van der Waals surface area (Å²) in [6.07, 6.45) is 7.91. The molecule has 1 amide bonds. The summed E-state index contributed by atoms with van der Waals surface area (Å²) in [4.78, 5) is 11.3. The fraction of sp³-hybridized carbons (Fsp3) is 0.947. The molecule has 0 saturated carbocycles. The lowest BCUT2D eigenvalue weighted by Crippen LogP contribution is -2.32. The summed E-state index contributed by atoms with van der Waals surface area (Å²) in [6, 6.07) is 0. The Balaban J connectivity index is 2.38. The minimum absolute atomic E-state index is 0.148.